The molecule has 140 valence electrons. The van der Waals surface area contributed by atoms with Crippen LogP contribution in [0.1, 0.15) is 32.6 Å². The van der Waals surface area contributed by atoms with Gasteiger partial charge in [-0.2, -0.15) is 0 Å². The van der Waals surface area contributed by atoms with Gasteiger partial charge in [0.15, 0.2) is 5.13 Å². The molecule has 2 heterocycles. The number of carbonyl (C=O) groups is 2. The Morgan fingerprint density at radius 2 is 2.11 bits per heavy atom. The number of para-hydroxylation sites is 1. The fourth-order valence-electron chi connectivity index (χ4n) is 2.68. The minimum absolute atomic E-state index is 0.0437. The van der Waals surface area contributed by atoms with Gasteiger partial charge in [-0.1, -0.05) is 29.0 Å². The highest BCUT2D eigenvalue weighted by atomic mass is 35.5. The first-order valence-electron chi connectivity index (χ1n) is 8.07. The van der Waals surface area contributed by atoms with E-state index in [4.69, 9.17) is 16.3 Å². The molecule has 1 aromatic carbocycles. The zero-order valence-corrected chi connectivity index (χ0v) is 16.4. The fraction of sp³-hybridized carbons (Fsp3) is 0.222. The summed E-state index contributed by atoms with van der Waals surface area (Å²) in [5.41, 5.74) is 0.530. The van der Waals surface area contributed by atoms with Gasteiger partial charge in [0, 0.05) is 18.6 Å². The van der Waals surface area contributed by atoms with E-state index >= 15 is 0 Å². The van der Waals surface area contributed by atoms with Crippen LogP contribution >= 0.6 is 22.9 Å². The zero-order chi connectivity index (χ0) is 19.7. The highest BCUT2D eigenvalue weighted by molar-refractivity contribution is 7.17. The number of thiazole rings is 1. The summed E-state index contributed by atoms with van der Waals surface area (Å²) in [4.78, 5) is 41.7. The Bertz CT molecular complexity index is 1120. The Morgan fingerprint density at radius 3 is 2.81 bits per heavy atom. The largest absolute Gasteiger partial charge is 0.462 e. The lowest BCUT2D eigenvalue weighted by atomic mass is 10.1. The number of pyridine rings is 1. The van der Waals surface area contributed by atoms with Gasteiger partial charge >= 0.3 is 5.97 Å². The van der Waals surface area contributed by atoms with Crippen LogP contribution in [-0.4, -0.2) is 28.0 Å². The predicted octanol–water partition coefficient (Wildman–Crippen LogP) is 3.39. The van der Waals surface area contributed by atoms with Crippen LogP contribution in [0, 0.1) is 6.92 Å². The molecule has 0 radical (unpaired) electrons. The van der Waals surface area contributed by atoms with Crippen molar-refractivity contribution in [3.63, 3.8) is 0 Å². The lowest BCUT2D eigenvalue weighted by Crippen LogP contribution is -2.23. The van der Waals surface area contributed by atoms with E-state index in [1.165, 1.54) is 6.20 Å². The van der Waals surface area contributed by atoms with Gasteiger partial charge in [-0.25, -0.2) is 9.78 Å². The normalized spacial score (nSPS) is 10.8. The first kappa shape index (κ1) is 19.1. The van der Waals surface area contributed by atoms with Gasteiger partial charge in [-0.05, 0) is 26.0 Å². The number of anilines is 1. The SMILES string of the molecule is CCOC(=O)c1sc(NC(=O)c2cn(C)c3c(Cl)cccc3c2=O)nc1C. The second-order valence-corrected chi connectivity index (χ2v) is 7.13. The molecule has 7 nitrogen and oxygen atoms in total. The number of amides is 1. The smallest absolute Gasteiger partial charge is 0.350 e. The highest BCUT2D eigenvalue weighted by Gasteiger charge is 2.20. The second-order valence-electron chi connectivity index (χ2n) is 5.73. The molecule has 0 atom stereocenters. The average molecular weight is 406 g/mol. The van der Waals surface area contributed by atoms with Crippen molar-refractivity contribution in [2.45, 2.75) is 13.8 Å². The van der Waals surface area contributed by atoms with E-state index in [9.17, 15) is 14.4 Å². The minimum atomic E-state index is -0.610. The number of hydrogen-bond acceptors (Lipinski definition) is 6. The van der Waals surface area contributed by atoms with Gasteiger partial charge < -0.3 is 9.30 Å². The van der Waals surface area contributed by atoms with Crippen LogP contribution in [0.2, 0.25) is 5.02 Å². The molecular formula is C18H16ClN3O4S. The number of ether oxygens (including phenoxy) is 1. The Hall–Kier alpha value is -2.71. The number of nitrogens with zero attached hydrogens (tertiary/aromatic N) is 2. The summed E-state index contributed by atoms with van der Waals surface area (Å²) >= 11 is 7.16. The molecule has 0 fully saturated rings. The molecule has 2 aromatic heterocycles. The van der Waals surface area contributed by atoms with Gasteiger partial charge in [-0.15, -0.1) is 0 Å². The van der Waals surface area contributed by atoms with Crippen molar-refractivity contribution in [2.24, 2.45) is 7.05 Å². The summed E-state index contributed by atoms with van der Waals surface area (Å²) in [6, 6.07) is 4.95. The Kier molecular flexibility index (Phi) is 5.29. The number of hydrogen-bond donors (Lipinski definition) is 1. The molecule has 3 aromatic rings. The maximum atomic E-state index is 12.7. The summed E-state index contributed by atoms with van der Waals surface area (Å²) in [5, 5.41) is 3.57. The molecular weight excluding hydrogens is 390 g/mol. The third kappa shape index (κ3) is 3.58. The number of aromatic nitrogens is 2. The molecule has 1 amide bonds. The number of halogens is 1. The van der Waals surface area contributed by atoms with Crippen molar-refractivity contribution < 1.29 is 14.3 Å². The Balaban J connectivity index is 1.96. The summed E-state index contributed by atoms with van der Waals surface area (Å²) in [5.74, 6) is -1.11. The van der Waals surface area contributed by atoms with Crippen LogP contribution in [0.4, 0.5) is 5.13 Å². The summed E-state index contributed by atoms with van der Waals surface area (Å²) in [7, 11) is 1.71. The molecule has 1 N–H and O–H groups in total. The van der Waals surface area contributed by atoms with Gasteiger partial charge in [0.05, 0.1) is 22.8 Å². The van der Waals surface area contributed by atoms with Gasteiger partial charge in [0.2, 0.25) is 5.43 Å². The third-order valence-electron chi connectivity index (χ3n) is 3.87. The van der Waals surface area contributed by atoms with E-state index < -0.39 is 17.3 Å². The predicted molar refractivity (Wildman–Crippen MR) is 105 cm³/mol. The van der Waals surface area contributed by atoms with Crippen molar-refractivity contribution >= 4 is 50.8 Å². The second kappa shape index (κ2) is 7.50. The third-order valence-corrected chi connectivity index (χ3v) is 5.23. The van der Waals surface area contributed by atoms with Crippen LogP contribution in [0.15, 0.2) is 29.2 Å². The lowest BCUT2D eigenvalue weighted by molar-refractivity contribution is 0.0531. The molecule has 0 aliphatic rings. The van der Waals surface area contributed by atoms with Gasteiger partial charge in [0.25, 0.3) is 5.91 Å². The van der Waals surface area contributed by atoms with Gasteiger partial charge in [0.1, 0.15) is 10.4 Å². The molecule has 27 heavy (non-hydrogen) atoms. The molecule has 3 rings (SSSR count). The minimum Gasteiger partial charge on any atom is -0.462 e. The van der Waals surface area contributed by atoms with E-state index in [0.29, 0.717) is 26.5 Å². The molecule has 0 bridgehead atoms. The zero-order valence-electron chi connectivity index (χ0n) is 14.8. The van der Waals surface area contributed by atoms with Crippen molar-refractivity contribution in [2.75, 3.05) is 11.9 Å². The van der Waals surface area contributed by atoms with Crippen LogP contribution in [-0.2, 0) is 11.8 Å². The number of benzene rings is 1. The van der Waals surface area contributed by atoms with Crippen molar-refractivity contribution in [3.05, 3.63) is 55.8 Å². The highest BCUT2D eigenvalue weighted by Crippen LogP contribution is 2.24. The Morgan fingerprint density at radius 1 is 1.37 bits per heavy atom. The molecule has 0 spiro atoms. The van der Waals surface area contributed by atoms with E-state index in [1.54, 1.807) is 43.7 Å². The van der Waals surface area contributed by atoms with Crippen molar-refractivity contribution in [1.29, 1.82) is 0 Å². The molecule has 0 saturated carbocycles. The van der Waals surface area contributed by atoms with E-state index in [2.05, 4.69) is 10.3 Å². The first-order chi connectivity index (χ1) is 12.8. The standard InChI is InChI=1S/C18H16ClN3O4S/c1-4-26-17(25)15-9(2)20-18(27-15)21-16(24)11-8-22(3)13-10(14(11)23)6-5-7-12(13)19/h5-8H,4H2,1-3H3,(H,20,21,24). The number of rotatable bonds is 4. The number of esters is 1. The van der Waals surface area contributed by atoms with Crippen LogP contribution in [0.25, 0.3) is 10.9 Å². The number of aryl methyl sites for hydroxylation is 2. The average Bonchev–Trinajstić information content (AvgIpc) is 2.98. The Labute approximate surface area is 163 Å². The summed E-state index contributed by atoms with van der Waals surface area (Å²) in [6.07, 6.45) is 1.43. The van der Waals surface area contributed by atoms with E-state index in [0.717, 1.165) is 11.3 Å². The monoisotopic (exact) mass is 405 g/mol. The maximum Gasteiger partial charge on any atom is 0.350 e. The molecule has 0 aliphatic carbocycles. The van der Waals surface area contributed by atoms with Crippen molar-refractivity contribution in [1.82, 2.24) is 9.55 Å². The first-order valence-corrected chi connectivity index (χ1v) is 9.26. The van der Waals surface area contributed by atoms with Crippen molar-refractivity contribution in [3.8, 4) is 0 Å². The van der Waals surface area contributed by atoms with E-state index in [1.807, 2.05) is 0 Å². The maximum absolute atomic E-state index is 12.7. The topological polar surface area (TPSA) is 90.3 Å². The number of carbonyl (C=O) groups excluding carboxylic acids is 2. The molecule has 0 unspecified atom stereocenters. The van der Waals surface area contributed by atoms with Gasteiger partial charge in [-0.3, -0.25) is 14.9 Å². The van der Waals surface area contributed by atoms with Crippen LogP contribution in [0.5, 0.6) is 0 Å². The summed E-state index contributed by atoms with van der Waals surface area (Å²) < 4.78 is 6.59. The summed E-state index contributed by atoms with van der Waals surface area (Å²) in [6.45, 7) is 3.60. The molecule has 0 aliphatic heterocycles. The lowest BCUT2D eigenvalue weighted by Gasteiger charge is -2.09. The number of nitrogens with one attached hydrogen (secondary N) is 1. The van der Waals surface area contributed by atoms with Crippen LogP contribution in [0.3, 0.4) is 0 Å². The molecule has 9 heteroatoms. The van der Waals surface area contributed by atoms with E-state index in [-0.39, 0.29) is 17.3 Å². The molecule has 0 saturated heterocycles. The van der Waals surface area contributed by atoms with Crippen LogP contribution < -0.4 is 10.7 Å². The number of fused-ring (bicyclic) bond motifs is 1. The fourth-order valence-corrected chi connectivity index (χ4v) is 3.84. The quantitative estimate of drug-likeness (QED) is 0.672.